The molecule has 120 valence electrons. The average Bonchev–Trinajstić information content (AvgIpc) is 2.68. The second-order valence-corrected chi connectivity index (χ2v) is 7.26. The summed E-state index contributed by atoms with van der Waals surface area (Å²) in [7, 11) is -1.76. The van der Waals surface area contributed by atoms with Crippen molar-refractivity contribution in [3.05, 3.63) is 11.8 Å². The summed E-state index contributed by atoms with van der Waals surface area (Å²) >= 11 is 0. The summed E-state index contributed by atoms with van der Waals surface area (Å²) < 4.78 is 25.3. The highest BCUT2D eigenvalue weighted by Crippen LogP contribution is 2.15. The highest BCUT2D eigenvalue weighted by molar-refractivity contribution is 7.88. The van der Waals surface area contributed by atoms with Gasteiger partial charge in [0, 0.05) is 32.2 Å². The molecule has 1 heterocycles. The summed E-state index contributed by atoms with van der Waals surface area (Å²) in [6, 6.07) is 1.52. The molecule has 0 aromatic carbocycles. The van der Waals surface area contributed by atoms with Crippen LogP contribution in [0.5, 0.6) is 0 Å². The van der Waals surface area contributed by atoms with Gasteiger partial charge in [-0.15, -0.1) is 0 Å². The van der Waals surface area contributed by atoms with E-state index in [-0.39, 0.29) is 19.1 Å². The topological polar surface area (TPSA) is 96.3 Å². The van der Waals surface area contributed by atoms with Crippen LogP contribution < -0.4 is 10.6 Å². The van der Waals surface area contributed by atoms with Crippen LogP contribution in [0, 0.1) is 6.92 Å². The van der Waals surface area contributed by atoms with Crippen molar-refractivity contribution in [3.63, 3.8) is 0 Å². The largest absolute Gasteiger partial charge is 0.337 e. The number of aromatic nitrogens is 2. The SMILES string of the molecule is Cc1cc(NC(=O)NCCN(C)S(C)(=O)=O)n(C(C)C)n1. The van der Waals surface area contributed by atoms with E-state index in [2.05, 4.69) is 15.7 Å². The maximum absolute atomic E-state index is 11.8. The third kappa shape index (κ3) is 5.35. The van der Waals surface area contributed by atoms with E-state index < -0.39 is 16.1 Å². The van der Waals surface area contributed by atoms with Crippen LogP contribution in [0.2, 0.25) is 0 Å². The Kier molecular flexibility index (Phi) is 5.73. The molecule has 2 amide bonds. The monoisotopic (exact) mass is 317 g/mol. The minimum Gasteiger partial charge on any atom is -0.337 e. The number of nitrogens with zero attached hydrogens (tertiary/aromatic N) is 3. The van der Waals surface area contributed by atoms with Gasteiger partial charge >= 0.3 is 6.03 Å². The molecule has 0 unspecified atom stereocenters. The molecular formula is C12H23N5O3S. The summed E-state index contributed by atoms with van der Waals surface area (Å²) in [5, 5.41) is 9.61. The summed E-state index contributed by atoms with van der Waals surface area (Å²) in [6.45, 7) is 6.23. The van der Waals surface area contributed by atoms with E-state index in [1.807, 2.05) is 20.8 Å². The molecule has 1 aromatic heterocycles. The minimum absolute atomic E-state index is 0.130. The Balaban J connectivity index is 2.52. The number of hydrogen-bond acceptors (Lipinski definition) is 4. The number of carbonyl (C=O) groups excluding carboxylic acids is 1. The third-order valence-corrected chi connectivity index (χ3v) is 4.18. The van der Waals surface area contributed by atoms with Gasteiger partial charge < -0.3 is 5.32 Å². The van der Waals surface area contributed by atoms with Gasteiger partial charge in [0.15, 0.2) is 0 Å². The third-order valence-electron chi connectivity index (χ3n) is 2.87. The fourth-order valence-corrected chi connectivity index (χ4v) is 2.08. The van der Waals surface area contributed by atoms with Crippen molar-refractivity contribution in [2.45, 2.75) is 26.8 Å². The van der Waals surface area contributed by atoms with Crippen LogP contribution in [0.1, 0.15) is 25.6 Å². The van der Waals surface area contributed by atoms with E-state index in [1.54, 1.807) is 10.7 Å². The van der Waals surface area contributed by atoms with Gasteiger partial charge in [-0.3, -0.25) is 5.32 Å². The van der Waals surface area contributed by atoms with Gasteiger partial charge in [0.2, 0.25) is 10.0 Å². The maximum atomic E-state index is 11.8. The lowest BCUT2D eigenvalue weighted by Crippen LogP contribution is -2.37. The van der Waals surface area contributed by atoms with Gasteiger partial charge in [-0.2, -0.15) is 5.10 Å². The number of carbonyl (C=O) groups is 1. The maximum Gasteiger partial charge on any atom is 0.320 e. The van der Waals surface area contributed by atoms with Gasteiger partial charge in [-0.25, -0.2) is 22.2 Å². The van der Waals surface area contributed by atoms with Crippen molar-refractivity contribution in [2.75, 3.05) is 31.7 Å². The molecule has 0 aliphatic rings. The molecule has 0 spiro atoms. The molecular weight excluding hydrogens is 294 g/mol. The molecule has 1 rings (SSSR count). The van der Waals surface area contributed by atoms with Crippen LogP contribution >= 0.6 is 0 Å². The highest BCUT2D eigenvalue weighted by atomic mass is 32.2. The predicted molar refractivity (Wildman–Crippen MR) is 81.8 cm³/mol. The smallest absolute Gasteiger partial charge is 0.320 e. The first-order valence-corrected chi connectivity index (χ1v) is 8.48. The lowest BCUT2D eigenvalue weighted by Gasteiger charge is -2.15. The Morgan fingerprint density at radius 2 is 2.10 bits per heavy atom. The van der Waals surface area contributed by atoms with Crippen molar-refractivity contribution in [3.8, 4) is 0 Å². The van der Waals surface area contributed by atoms with Crippen LogP contribution in [0.4, 0.5) is 10.6 Å². The van der Waals surface area contributed by atoms with Crippen molar-refractivity contribution >= 4 is 21.9 Å². The molecule has 0 saturated carbocycles. The molecule has 0 radical (unpaired) electrons. The molecule has 2 N–H and O–H groups in total. The summed E-state index contributed by atoms with van der Waals surface area (Å²) in [4.78, 5) is 11.8. The molecule has 0 aliphatic heterocycles. The zero-order valence-corrected chi connectivity index (χ0v) is 13.9. The Morgan fingerprint density at radius 3 is 2.62 bits per heavy atom. The predicted octanol–water partition coefficient (Wildman–Crippen LogP) is 0.785. The Hall–Kier alpha value is -1.61. The van der Waals surface area contributed by atoms with Crippen molar-refractivity contribution in [1.82, 2.24) is 19.4 Å². The molecule has 0 bridgehead atoms. The number of hydrogen-bond donors (Lipinski definition) is 2. The lowest BCUT2D eigenvalue weighted by molar-refractivity contribution is 0.251. The van der Waals surface area contributed by atoms with Crippen LogP contribution in [0.25, 0.3) is 0 Å². The molecule has 0 saturated heterocycles. The number of nitrogens with one attached hydrogen (secondary N) is 2. The summed E-state index contributed by atoms with van der Waals surface area (Å²) in [5.74, 6) is 0.608. The highest BCUT2D eigenvalue weighted by Gasteiger charge is 2.13. The van der Waals surface area contributed by atoms with Crippen LogP contribution in [0.3, 0.4) is 0 Å². The second kappa shape index (κ2) is 6.90. The molecule has 1 aromatic rings. The summed E-state index contributed by atoms with van der Waals surface area (Å²) in [6.07, 6.45) is 1.12. The number of urea groups is 1. The molecule has 9 heteroatoms. The van der Waals surface area contributed by atoms with E-state index >= 15 is 0 Å². The van der Waals surface area contributed by atoms with Crippen LogP contribution in [0.15, 0.2) is 6.07 Å². The summed E-state index contributed by atoms with van der Waals surface area (Å²) in [5.41, 5.74) is 0.816. The molecule has 8 nitrogen and oxygen atoms in total. The fourth-order valence-electron chi connectivity index (χ4n) is 1.66. The van der Waals surface area contributed by atoms with E-state index in [4.69, 9.17) is 0 Å². The lowest BCUT2D eigenvalue weighted by atomic mass is 10.4. The first-order chi connectivity index (χ1) is 9.61. The van der Waals surface area contributed by atoms with E-state index in [0.717, 1.165) is 11.9 Å². The number of anilines is 1. The number of amides is 2. The van der Waals surface area contributed by atoms with E-state index in [0.29, 0.717) is 5.82 Å². The molecule has 0 aliphatic carbocycles. The molecule has 0 atom stereocenters. The Bertz CT molecular complexity index is 594. The Morgan fingerprint density at radius 1 is 1.48 bits per heavy atom. The zero-order valence-electron chi connectivity index (χ0n) is 13.0. The standard InChI is InChI=1S/C12H23N5O3S/c1-9(2)17-11(8-10(3)15-17)14-12(18)13-6-7-16(4)21(5,19)20/h8-9H,6-7H2,1-5H3,(H2,13,14,18). The molecule has 21 heavy (non-hydrogen) atoms. The quantitative estimate of drug-likeness (QED) is 0.810. The number of rotatable bonds is 6. The molecule has 0 fully saturated rings. The Labute approximate surface area is 125 Å². The van der Waals surface area contributed by atoms with E-state index in [1.165, 1.54) is 11.4 Å². The number of aryl methyl sites for hydroxylation is 1. The van der Waals surface area contributed by atoms with Crippen molar-refractivity contribution in [1.29, 1.82) is 0 Å². The average molecular weight is 317 g/mol. The van der Waals surface area contributed by atoms with Crippen LogP contribution in [-0.2, 0) is 10.0 Å². The first-order valence-electron chi connectivity index (χ1n) is 6.63. The van der Waals surface area contributed by atoms with Gasteiger partial charge in [-0.05, 0) is 20.8 Å². The fraction of sp³-hybridized carbons (Fsp3) is 0.667. The zero-order chi connectivity index (χ0) is 16.2. The second-order valence-electron chi connectivity index (χ2n) is 5.17. The first kappa shape index (κ1) is 17.4. The number of likely N-dealkylation sites (N-methyl/N-ethyl adjacent to an activating group) is 1. The normalized spacial score (nSPS) is 12.0. The van der Waals surface area contributed by atoms with E-state index in [9.17, 15) is 13.2 Å². The van der Waals surface area contributed by atoms with Crippen molar-refractivity contribution in [2.24, 2.45) is 0 Å². The van der Waals surface area contributed by atoms with Gasteiger partial charge in [0.05, 0.1) is 11.9 Å². The van der Waals surface area contributed by atoms with Crippen molar-refractivity contribution < 1.29 is 13.2 Å². The van der Waals surface area contributed by atoms with Gasteiger partial charge in [0.1, 0.15) is 5.82 Å². The van der Waals surface area contributed by atoms with Crippen LogP contribution in [-0.4, -0.2) is 54.9 Å². The van der Waals surface area contributed by atoms with Gasteiger partial charge in [0.25, 0.3) is 0 Å². The number of sulfonamides is 1. The minimum atomic E-state index is -3.23. The van der Waals surface area contributed by atoms with Gasteiger partial charge in [-0.1, -0.05) is 0 Å².